The molecule has 1 aliphatic rings. The number of anilines is 1. The SMILES string of the molecule is CC(C)CCC(=O)N1CC[C@@H](n2nc(-c3ccc(Oc4ccccc4)cc3)c3c(N)ncnc32)C1. The monoisotopic (exact) mass is 470 g/mol. The Morgan fingerprint density at radius 1 is 1.09 bits per heavy atom. The van der Waals surface area contributed by atoms with Crippen molar-refractivity contribution in [1.29, 1.82) is 0 Å². The summed E-state index contributed by atoms with van der Waals surface area (Å²) in [6.45, 7) is 5.63. The smallest absolute Gasteiger partial charge is 0.222 e. The maximum atomic E-state index is 12.7. The molecule has 8 heteroatoms. The molecule has 0 aliphatic carbocycles. The van der Waals surface area contributed by atoms with Crippen LogP contribution in [0.25, 0.3) is 22.3 Å². The average molecular weight is 471 g/mol. The first kappa shape index (κ1) is 22.8. The van der Waals surface area contributed by atoms with E-state index in [0.717, 1.165) is 47.5 Å². The third kappa shape index (κ3) is 4.82. The number of hydrogen-bond donors (Lipinski definition) is 1. The van der Waals surface area contributed by atoms with Crippen LogP contribution in [0.2, 0.25) is 0 Å². The van der Waals surface area contributed by atoms with Crippen molar-refractivity contribution >= 4 is 22.8 Å². The summed E-state index contributed by atoms with van der Waals surface area (Å²) < 4.78 is 7.85. The van der Waals surface area contributed by atoms with Gasteiger partial charge in [-0.15, -0.1) is 0 Å². The predicted octanol–water partition coefficient (Wildman–Crippen LogP) is 5.08. The van der Waals surface area contributed by atoms with Gasteiger partial charge < -0.3 is 15.4 Å². The first-order chi connectivity index (χ1) is 17.0. The molecular formula is C27H30N6O2. The van der Waals surface area contributed by atoms with Crippen LogP contribution in [0, 0.1) is 5.92 Å². The number of ether oxygens (including phenoxy) is 1. The molecule has 1 atom stereocenters. The van der Waals surface area contributed by atoms with Gasteiger partial charge in [0.05, 0.1) is 11.4 Å². The zero-order valence-corrected chi connectivity index (χ0v) is 20.1. The summed E-state index contributed by atoms with van der Waals surface area (Å²) in [6, 6.07) is 17.5. The predicted molar refractivity (Wildman–Crippen MR) is 136 cm³/mol. The van der Waals surface area contributed by atoms with Gasteiger partial charge in [0.15, 0.2) is 5.65 Å². The molecule has 1 saturated heterocycles. The fraction of sp³-hybridized carbons (Fsp3) is 0.333. The normalized spacial score (nSPS) is 15.7. The number of carbonyl (C=O) groups is 1. The highest BCUT2D eigenvalue weighted by Crippen LogP contribution is 2.35. The highest BCUT2D eigenvalue weighted by molar-refractivity contribution is 5.98. The van der Waals surface area contributed by atoms with E-state index >= 15 is 0 Å². The number of aromatic nitrogens is 4. The summed E-state index contributed by atoms with van der Waals surface area (Å²) in [5.41, 5.74) is 8.61. The molecule has 2 N–H and O–H groups in total. The molecule has 8 nitrogen and oxygen atoms in total. The van der Waals surface area contributed by atoms with E-state index in [1.165, 1.54) is 6.33 Å². The number of hydrogen-bond acceptors (Lipinski definition) is 6. The minimum Gasteiger partial charge on any atom is -0.457 e. The molecule has 0 radical (unpaired) electrons. The minimum atomic E-state index is 0.0456. The molecule has 3 heterocycles. The summed E-state index contributed by atoms with van der Waals surface area (Å²) in [7, 11) is 0. The van der Waals surface area contributed by atoms with E-state index in [2.05, 4.69) is 23.8 Å². The lowest BCUT2D eigenvalue weighted by Crippen LogP contribution is -2.29. The second kappa shape index (κ2) is 9.74. The van der Waals surface area contributed by atoms with Gasteiger partial charge in [0.1, 0.15) is 29.3 Å². The van der Waals surface area contributed by atoms with Crippen LogP contribution in [0.5, 0.6) is 11.5 Å². The van der Waals surface area contributed by atoms with Crippen molar-refractivity contribution in [1.82, 2.24) is 24.6 Å². The van der Waals surface area contributed by atoms with E-state index < -0.39 is 0 Å². The van der Waals surface area contributed by atoms with Gasteiger partial charge in [0.2, 0.25) is 5.91 Å². The number of nitrogen functional groups attached to an aromatic ring is 1. The molecule has 35 heavy (non-hydrogen) atoms. The minimum absolute atomic E-state index is 0.0456. The van der Waals surface area contributed by atoms with Crippen LogP contribution in [-0.4, -0.2) is 43.6 Å². The Bertz CT molecular complexity index is 1320. The number of rotatable bonds is 7. The van der Waals surface area contributed by atoms with Crippen LogP contribution in [0.1, 0.15) is 39.2 Å². The second-order valence-corrected chi connectivity index (χ2v) is 9.40. The zero-order valence-electron chi connectivity index (χ0n) is 20.1. The van der Waals surface area contributed by atoms with Crippen LogP contribution >= 0.6 is 0 Å². The molecule has 180 valence electrons. The van der Waals surface area contributed by atoms with Crippen LogP contribution < -0.4 is 10.5 Å². The van der Waals surface area contributed by atoms with Gasteiger partial charge in [-0.3, -0.25) is 4.79 Å². The fourth-order valence-electron chi connectivity index (χ4n) is 4.50. The van der Waals surface area contributed by atoms with E-state index in [1.54, 1.807) is 0 Å². The Kier molecular flexibility index (Phi) is 6.35. The highest BCUT2D eigenvalue weighted by Gasteiger charge is 2.30. The number of carbonyl (C=O) groups excluding carboxylic acids is 1. The number of nitrogens with two attached hydrogens (primary N) is 1. The van der Waals surface area contributed by atoms with Gasteiger partial charge in [0, 0.05) is 25.1 Å². The lowest BCUT2D eigenvalue weighted by atomic mass is 10.1. The van der Waals surface area contributed by atoms with Crippen molar-refractivity contribution in [2.24, 2.45) is 5.92 Å². The van der Waals surface area contributed by atoms with E-state index in [1.807, 2.05) is 64.2 Å². The Morgan fingerprint density at radius 3 is 2.57 bits per heavy atom. The number of benzene rings is 2. The van der Waals surface area contributed by atoms with Gasteiger partial charge in [-0.1, -0.05) is 32.0 Å². The Morgan fingerprint density at radius 2 is 1.83 bits per heavy atom. The lowest BCUT2D eigenvalue weighted by molar-refractivity contribution is -0.130. The van der Waals surface area contributed by atoms with Crippen LogP contribution in [-0.2, 0) is 4.79 Å². The molecule has 0 bridgehead atoms. The number of likely N-dealkylation sites (tertiary alicyclic amines) is 1. The topological polar surface area (TPSA) is 99.2 Å². The molecule has 0 saturated carbocycles. The molecule has 1 fully saturated rings. The first-order valence-electron chi connectivity index (χ1n) is 12.1. The van der Waals surface area contributed by atoms with Gasteiger partial charge >= 0.3 is 0 Å². The molecule has 4 aromatic rings. The number of nitrogens with zero attached hydrogens (tertiary/aromatic N) is 5. The van der Waals surface area contributed by atoms with Crippen molar-refractivity contribution in [2.75, 3.05) is 18.8 Å². The molecule has 5 rings (SSSR count). The largest absolute Gasteiger partial charge is 0.457 e. The van der Waals surface area contributed by atoms with Gasteiger partial charge in [-0.2, -0.15) is 5.10 Å². The average Bonchev–Trinajstić information content (AvgIpc) is 3.50. The van der Waals surface area contributed by atoms with Crippen LogP contribution in [0.3, 0.4) is 0 Å². The van der Waals surface area contributed by atoms with Gasteiger partial charge in [0.25, 0.3) is 0 Å². The Labute approximate surface area is 204 Å². The van der Waals surface area contributed by atoms with Crippen LogP contribution in [0.15, 0.2) is 60.9 Å². The number of para-hydroxylation sites is 1. The Balaban J connectivity index is 1.41. The third-order valence-electron chi connectivity index (χ3n) is 6.42. The molecule has 0 unspecified atom stereocenters. The van der Waals surface area contributed by atoms with E-state index in [0.29, 0.717) is 30.3 Å². The number of fused-ring (bicyclic) bond motifs is 1. The summed E-state index contributed by atoms with van der Waals surface area (Å²) >= 11 is 0. The summed E-state index contributed by atoms with van der Waals surface area (Å²) in [6.07, 6.45) is 3.79. The van der Waals surface area contributed by atoms with E-state index in [4.69, 9.17) is 15.6 Å². The van der Waals surface area contributed by atoms with Crippen molar-refractivity contribution in [2.45, 2.75) is 39.2 Å². The molecule has 2 aromatic carbocycles. The summed E-state index contributed by atoms with van der Waals surface area (Å²) in [5, 5.41) is 5.67. The maximum Gasteiger partial charge on any atom is 0.222 e. The molecule has 0 spiro atoms. The second-order valence-electron chi connectivity index (χ2n) is 9.40. The van der Waals surface area contributed by atoms with Crippen LogP contribution in [0.4, 0.5) is 5.82 Å². The zero-order chi connectivity index (χ0) is 24.4. The lowest BCUT2D eigenvalue weighted by Gasteiger charge is -2.17. The quantitative estimate of drug-likeness (QED) is 0.404. The number of amides is 1. The first-order valence-corrected chi connectivity index (χ1v) is 12.1. The molecule has 2 aromatic heterocycles. The fourth-order valence-corrected chi connectivity index (χ4v) is 4.50. The third-order valence-corrected chi connectivity index (χ3v) is 6.42. The standard InChI is InChI=1S/C27H30N6O2/c1-18(2)8-13-23(34)32-15-14-20(16-32)33-27-24(26(28)29-17-30-27)25(31-33)19-9-11-22(12-10-19)35-21-6-4-3-5-7-21/h3-7,9-12,17-18,20H,8,13-16H2,1-2H3,(H2,28,29,30)/t20-/m1/s1. The summed E-state index contributed by atoms with van der Waals surface area (Å²) in [5.74, 6) is 2.63. The highest BCUT2D eigenvalue weighted by atomic mass is 16.5. The van der Waals surface area contributed by atoms with Crippen molar-refractivity contribution in [3.05, 3.63) is 60.9 Å². The Hall–Kier alpha value is -3.94. The van der Waals surface area contributed by atoms with E-state index in [9.17, 15) is 4.79 Å². The van der Waals surface area contributed by atoms with Crippen molar-refractivity contribution < 1.29 is 9.53 Å². The van der Waals surface area contributed by atoms with E-state index in [-0.39, 0.29) is 11.9 Å². The molecular weight excluding hydrogens is 440 g/mol. The van der Waals surface area contributed by atoms with Crippen molar-refractivity contribution in [3.63, 3.8) is 0 Å². The van der Waals surface area contributed by atoms with Crippen molar-refractivity contribution in [3.8, 4) is 22.8 Å². The van der Waals surface area contributed by atoms with Gasteiger partial charge in [-0.25, -0.2) is 14.6 Å². The maximum absolute atomic E-state index is 12.7. The van der Waals surface area contributed by atoms with Gasteiger partial charge in [-0.05, 0) is 55.2 Å². The molecule has 1 amide bonds. The summed E-state index contributed by atoms with van der Waals surface area (Å²) in [4.78, 5) is 23.3. The molecule has 1 aliphatic heterocycles.